The predicted octanol–water partition coefficient (Wildman–Crippen LogP) is 5.17. The number of aromatic nitrogens is 2. The topological polar surface area (TPSA) is 17.8 Å². The molecule has 3 heteroatoms. The third kappa shape index (κ3) is 2.54. The maximum Gasteiger partial charge on any atom is 0.0795 e. The van der Waals surface area contributed by atoms with Crippen LogP contribution in [0.4, 0.5) is 0 Å². The summed E-state index contributed by atoms with van der Waals surface area (Å²) in [6, 6.07) is 18.7. The molecule has 1 heterocycles. The van der Waals surface area contributed by atoms with Crippen LogP contribution in [0.15, 0.2) is 59.1 Å². The molecule has 0 saturated heterocycles. The summed E-state index contributed by atoms with van der Waals surface area (Å²) < 4.78 is 3.10. The largest absolute Gasteiger partial charge is 0.231 e. The number of hydrogen-bond donors (Lipinski definition) is 0. The molecular formula is C18H17BrN2. The summed E-state index contributed by atoms with van der Waals surface area (Å²) in [6.45, 7) is 4.26. The molecule has 2 nitrogen and oxygen atoms in total. The van der Waals surface area contributed by atoms with Crippen molar-refractivity contribution in [2.75, 3.05) is 0 Å². The molecule has 0 N–H and O–H groups in total. The number of benzene rings is 2. The summed E-state index contributed by atoms with van der Waals surface area (Å²) >= 11 is 3.63. The van der Waals surface area contributed by atoms with E-state index in [9.17, 15) is 0 Å². The maximum absolute atomic E-state index is 4.78. The van der Waals surface area contributed by atoms with Crippen LogP contribution in [-0.4, -0.2) is 9.78 Å². The molecule has 0 amide bonds. The summed E-state index contributed by atoms with van der Waals surface area (Å²) in [7, 11) is 0. The van der Waals surface area contributed by atoms with Crippen LogP contribution in [-0.2, 0) is 6.42 Å². The van der Waals surface area contributed by atoms with E-state index in [1.807, 2.05) is 28.9 Å². The second-order valence-corrected chi connectivity index (χ2v) is 5.85. The molecule has 0 bridgehead atoms. The third-order valence-corrected chi connectivity index (χ3v) is 4.34. The number of aryl methyl sites for hydroxylation is 1. The fourth-order valence-electron chi connectivity index (χ4n) is 2.67. The van der Waals surface area contributed by atoms with E-state index in [4.69, 9.17) is 5.10 Å². The smallest absolute Gasteiger partial charge is 0.0795 e. The molecule has 0 radical (unpaired) electrons. The Kier molecular flexibility index (Phi) is 3.93. The monoisotopic (exact) mass is 340 g/mol. The summed E-state index contributed by atoms with van der Waals surface area (Å²) in [6.07, 6.45) is 0.973. The fraction of sp³-hybridized carbons (Fsp3) is 0.167. The van der Waals surface area contributed by atoms with Gasteiger partial charge in [0.2, 0.25) is 0 Å². The van der Waals surface area contributed by atoms with E-state index in [1.54, 1.807) is 0 Å². The molecule has 21 heavy (non-hydrogen) atoms. The lowest BCUT2D eigenvalue weighted by molar-refractivity contribution is 0.865. The molecule has 1 aromatic heterocycles. The van der Waals surface area contributed by atoms with Crippen molar-refractivity contribution in [2.45, 2.75) is 20.3 Å². The van der Waals surface area contributed by atoms with Crippen LogP contribution >= 0.6 is 15.9 Å². The van der Waals surface area contributed by atoms with E-state index in [0.717, 1.165) is 22.3 Å². The van der Waals surface area contributed by atoms with Gasteiger partial charge in [0.05, 0.1) is 17.1 Å². The predicted molar refractivity (Wildman–Crippen MR) is 90.8 cm³/mol. The molecule has 0 atom stereocenters. The van der Waals surface area contributed by atoms with E-state index in [1.165, 1.54) is 16.8 Å². The highest BCUT2D eigenvalue weighted by atomic mass is 79.9. The van der Waals surface area contributed by atoms with E-state index >= 15 is 0 Å². The van der Waals surface area contributed by atoms with Gasteiger partial charge >= 0.3 is 0 Å². The van der Waals surface area contributed by atoms with E-state index in [0.29, 0.717) is 0 Å². The Morgan fingerprint density at radius 2 is 1.67 bits per heavy atom. The average Bonchev–Trinajstić information content (AvgIpc) is 2.85. The van der Waals surface area contributed by atoms with Gasteiger partial charge in [-0.3, -0.25) is 0 Å². The van der Waals surface area contributed by atoms with Gasteiger partial charge in [-0.1, -0.05) is 49.4 Å². The minimum absolute atomic E-state index is 0.973. The molecule has 0 fully saturated rings. The standard InChI is InChI=1S/C18H17BrN2/c1-3-15-13(2)20-21(17-12-8-7-11-16(17)19)18(15)14-9-5-4-6-10-14/h4-12H,3H2,1-2H3. The molecule has 3 rings (SSSR count). The van der Waals surface area contributed by atoms with Crippen LogP contribution in [0.3, 0.4) is 0 Å². The number of halogens is 1. The van der Waals surface area contributed by atoms with Crippen molar-refractivity contribution in [1.29, 1.82) is 0 Å². The lowest BCUT2D eigenvalue weighted by Gasteiger charge is -2.11. The second-order valence-electron chi connectivity index (χ2n) is 5.00. The van der Waals surface area contributed by atoms with Crippen molar-refractivity contribution in [1.82, 2.24) is 9.78 Å². The van der Waals surface area contributed by atoms with Crippen molar-refractivity contribution in [3.8, 4) is 16.9 Å². The van der Waals surface area contributed by atoms with Crippen LogP contribution in [0.25, 0.3) is 16.9 Å². The molecule has 0 aliphatic heterocycles. The van der Waals surface area contributed by atoms with E-state index in [-0.39, 0.29) is 0 Å². The third-order valence-electron chi connectivity index (χ3n) is 3.67. The minimum Gasteiger partial charge on any atom is -0.231 e. The highest BCUT2D eigenvalue weighted by Crippen LogP contribution is 2.31. The number of para-hydroxylation sites is 1. The molecule has 0 spiro atoms. The van der Waals surface area contributed by atoms with Crippen LogP contribution in [0.1, 0.15) is 18.2 Å². The summed E-state index contributed by atoms with van der Waals surface area (Å²) in [4.78, 5) is 0. The molecule has 0 saturated carbocycles. The zero-order valence-electron chi connectivity index (χ0n) is 12.2. The van der Waals surface area contributed by atoms with Gasteiger partial charge in [0, 0.05) is 15.6 Å². The Hall–Kier alpha value is -1.87. The van der Waals surface area contributed by atoms with Crippen LogP contribution in [0, 0.1) is 6.92 Å². The highest BCUT2D eigenvalue weighted by molar-refractivity contribution is 9.10. The molecule has 0 aliphatic carbocycles. The van der Waals surface area contributed by atoms with Crippen LogP contribution < -0.4 is 0 Å². The van der Waals surface area contributed by atoms with Crippen molar-refractivity contribution < 1.29 is 0 Å². The molecule has 3 aromatic rings. The van der Waals surface area contributed by atoms with Gasteiger partial charge in [-0.15, -0.1) is 0 Å². The summed E-state index contributed by atoms with van der Waals surface area (Å²) in [5.41, 5.74) is 5.84. The van der Waals surface area contributed by atoms with Crippen molar-refractivity contribution in [3.63, 3.8) is 0 Å². The van der Waals surface area contributed by atoms with Crippen molar-refractivity contribution in [3.05, 3.63) is 70.3 Å². The Balaban J connectivity index is 2.30. The first-order valence-corrected chi connectivity index (χ1v) is 7.90. The van der Waals surface area contributed by atoms with Gasteiger partial charge in [-0.2, -0.15) is 5.10 Å². The summed E-state index contributed by atoms with van der Waals surface area (Å²) in [5, 5.41) is 4.78. The minimum atomic E-state index is 0.973. The van der Waals surface area contributed by atoms with E-state index < -0.39 is 0 Å². The van der Waals surface area contributed by atoms with Gasteiger partial charge in [0.15, 0.2) is 0 Å². The molecular weight excluding hydrogens is 324 g/mol. The molecule has 106 valence electrons. The Bertz CT molecular complexity index is 760. The second kappa shape index (κ2) is 5.86. The number of rotatable bonds is 3. The lowest BCUT2D eigenvalue weighted by Crippen LogP contribution is -2.00. The van der Waals surface area contributed by atoms with Crippen LogP contribution in [0.5, 0.6) is 0 Å². The van der Waals surface area contributed by atoms with Gasteiger partial charge in [-0.05, 0) is 41.4 Å². The Morgan fingerprint density at radius 1 is 1.00 bits per heavy atom. The van der Waals surface area contributed by atoms with Crippen molar-refractivity contribution >= 4 is 15.9 Å². The number of hydrogen-bond acceptors (Lipinski definition) is 1. The maximum atomic E-state index is 4.78. The first kappa shape index (κ1) is 14.1. The Morgan fingerprint density at radius 3 is 2.33 bits per heavy atom. The lowest BCUT2D eigenvalue weighted by atomic mass is 10.0. The molecule has 2 aromatic carbocycles. The quantitative estimate of drug-likeness (QED) is 0.642. The van der Waals surface area contributed by atoms with Gasteiger partial charge in [0.25, 0.3) is 0 Å². The van der Waals surface area contributed by atoms with E-state index in [2.05, 4.69) is 60.1 Å². The average molecular weight is 341 g/mol. The first-order valence-electron chi connectivity index (χ1n) is 7.11. The van der Waals surface area contributed by atoms with Gasteiger partial charge in [0.1, 0.15) is 0 Å². The fourth-order valence-corrected chi connectivity index (χ4v) is 3.13. The van der Waals surface area contributed by atoms with Crippen LogP contribution in [0.2, 0.25) is 0 Å². The molecule has 0 unspecified atom stereocenters. The highest BCUT2D eigenvalue weighted by Gasteiger charge is 2.17. The van der Waals surface area contributed by atoms with Gasteiger partial charge in [-0.25, -0.2) is 4.68 Å². The zero-order chi connectivity index (χ0) is 14.8. The molecule has 0 aliphatic rings. The SMILES string of the molecule is CCc1c(C)nn(-c2ccccc2Br)c1-c1ccccc1. The Labute approximate surface area is 133 Å². The zero-order valence-corrected chi connectivity index (χ0v) is 13.8. The normalized spacial score (nSPS) is 10.8. The van der Waals surface area contributed by atoms with Crippen molar-refractivity contribution in [2.24, 2.45) is 0 Å². The first-order chi connectivity index (χ1) is 10.2. The number of nitrogens with zero attached hydrogens (tertiary/aromatic N) is 2. The van der Waals surface area contributed by atoms with Gasteiger partial charge < -0.3 is 0 Å². The summed E-state index contributed by atoms with van der Waals surface area (Å²) in [5.74, 6) is 0.